The fraction of sp³-hybridized carbons (Fsp3) is 0.261. The highest BCUT2D eigenvalue weighted by Gasteiger charge is 2.15. The lowest BCUT2D eigenvalue weighted by molar-refractivity contribution is -0.129. The van der Waals surface area contributed by atoms with Crippen LogP contribution in [-0.4, -0.2) is 36.9 Å². The largest absolute Gasteiger partial charge is 0.337 e. The van der Waals surface area contributed by atoms with Crippen molar-refractivity contribution in [1.82, 2.24) is 24.4 Å². The molecule has 0 spiro atoms. The van der Waals surface area contributed by atoms with Crippen LogP contribution in [0.15, 0.2) is 52.1 Å². The Kier molecular flexibility index (Phi) is 5.37. The molecule has 0 aliphatic rings. The van der Waals surface area contributed by atoms with Gasteiger partial charge in [-0.3, -0.25) is 19.1 Å². The van der Waals surface area contributed by atoms with Crippen molar-refractivity contribution in [3.63, 3.8) is 0 Å². The minimum absolute atomic E-state index is 0.0587. The van der Waals surface area contributed by atoms with Gasteiger partial charge in [0.15, 0.2) is 11.2 Å². The fourth-order valence-corrected chi connectivity index (χ4v) is 3.51. The van der Waals surface area contributed by atoms with Crippen LogP contribution in [0.5, 0.6) is 0 Å². The highest BCUT2D eigenvalue weighted by Crippen LogP contribution is 2.17. The molecule has 1 amide bonds. The van der Waals surface area contributed by atoms with Gasteiger partial charge in [-0.1, -0.05) is 30.3 Å². The molecule has 8 heteroatoms. The van der Waals surface area contributed by atoms with E-state index in [0.29, 0.717) is 17.6 Å². The second-order valence-electron chi connectivity index (χ2n) is 7.66. The molecule has 0 saturated heterocycles. The molecule has 0 aliphatic heterocycles. The Morgan fingerprint density at radius 1 is 1.03 bits per heavy atom. The van der Waals surface area contributed by atoms with Crippen LogP contribution in [0.4, 0.5) is 0 Å². The number of nitrogens with zero attached hydrogens (tertiary/aromatic N) is 4. The van der Waals surface area contributed by atoms with Crippen molar-refractivity contribution in [1.29, 1.82) is 0 Å². The van der Waals surface area contributed by atoms with Crippen LogP contribution in [-0.2, 0) is 17.9 Å². The molecule has 2 aromatic heterocycles. The van der Waals surface area contributed by atoms with Gasteiger partial charge >= 0.3 is 5.69 Å². The van der Waals surface area contributed by atoms with Gasteiger partial charge < -0.3 is 4.90 Å². The van der Waals surface area contributed by atoms with E-state index in [0.717, 1.165) is 21.3 Å². The van der Waals surface area contributed by atoms with Gasteiger partial charge in [-0.25, -0.2) is 14.8 Å². The fourth-order valence-electron chi connectivity index (χ4n) is 3.51. The SMILES string of the molecule is CC(=O)N(CCn1c(=O)[nH]c2nc3cc(C)c(C)cc3nc2c1=O)Cc1ccccc1. The standard InChI is InChI=1S/C23H23N5O3/c1-14-11-18-19(12-15(14)2)25-21-20(24-18)22(30)28(23(31)26-21)10-9-27(16(3)29)13-17-7-5-4-6-8-17/h4-8,11-12H,9-10,13H2,1-3H3,(H,25,26,31). The summed E-state index contributed by atoms with van der Waals surface area (Å²) in [5.41, 5.74) is 3.47. The number of fused-ring (bicyclic) bond motifs is 2. The summed E-state index contributed by atoms with van der Waals surface area (Å²) in [5, 5.41) is 0. The summed E-state index contributed by atoms with van der Waals surface area (Å²) in [4.78, 5) is 50.8. The molecule has 0 bridgehead atoms. The number of rotatable bonds is 5. The lowest BCUT2D eigenvalue weighted by Gasteiger charge is -2.21. The maximum absolute atomic E-state index is 13.0. The molecule has 0 unspecified atom stereocenters. The van der Waals surface area contributed by atoms with E-state index in [9.17, 15) is 14.4 Å². The van der Waals surface area contributed by atoms with Gasteiger partial charge in [-0.15, -0.1) is 0 Å². The highest BCUT2D eigenvalue weighted by molar-refractivity contribution is 5.84. The molecule has 1 N–H and O–H groups in total. The van der Waals surface area contributed by atoms with E-state index >= 15 is 0 Å². The second-order valence-corrected chi connectivity index (χ2v) is 7.66. The van der Waals surface area contributed by atoms with E-state index in [4.69, 9.17) is 0 Å². The van der Waals surface area contributed by atoms with E-state index in [1.807, 2.05) is 56.3 Å². The van der Waals surface area contributed by atoms with Gasteiger partial charge in [0, 0.05) is 26.6 Å². The topological polar surface area (TPSA) is 101 Å². The minimum atomic E-state index is -0.571. The quantitative estimate of drug-likeness (QED) is 0.502. The molecule has 4 aromatic rings. The van der Waals surface area contributed by atoms with Gasteiger partial charge in [0.2, 0.25) is 5.91 Å². The van der Waals surface area contributed by atoms with Crippen LogP contribution in [0.25, 0.3) is 22.2 Å². The predicted octanol–water partition coefficient (Wildman–Crippen LogP) is 2.30. The first-order valence-corrected chi connectivity index (χ1v) is 10.0. The number of carbonyl (C=O) groups is 1. The first-order valence-electron chi connectivity index (χ1n) is 10.0. The van der Waals surface area contributed by atoms with Crippen LogP contribution in [0.2, 0.25) is 0 Å². The Balaban J connectivity index is 1.69. The Morgan fingerprint density at radius 2 is 1.68 bits per heavy atom. The first kappa shape index (κ1) is 20.5. The highest BCUT2D eigenvalue weighted by atomic mass is 16.2. The van der Waals surface area contributed by atoms with Crippen LogP contribution in [0.3, 0.4) is 0 Å². The van der Waals surface area contributed by atoms with Crippen LogP contribution in [0.1, 0.15) is 23.6 Å². The summed E-state index contributed by atoms with van der Waals surface area (Å²) in [5.74, 6) is -0.134. The molecular weight excluding hydrogens is 394 g/mol. The number of aryl methyl sites for hydroxylation is 2. The summed E-state index contributed by atoms with van der Waals surface area (Å²) < 4.78 is 1.07. The molecule has 8 nitrogen and oxygen atoms in total. The van der Waals surface area contributed by atoms with Crippen molar-refractivity contribution < 1.29 is 4.79 Å². The van der Waals surface area contributed by atoms with Crippen molar-refractivity contribution in [2.75, 3.05) is 6.54 Å². The molecule has 158 valence electrons. The zero-order chi connectivity index (χ0) is 22.1. The average molecular weight is 417 g/mol. The van der Waals surface area contributed by atoms with E-state index in [-0.39, 0.29) is 30.2 Å². The smallest absolute Gasteiger partial charge is 0.330 e. The number of amides is 1. The maximum atomic E-state index is 13.0. The second kappa shape index (κ2) is 8.14. The normalized spacial score (nSPS) is 11.2. The molecule has 0 aliphatic carbocycles. The third-order valence-electron chi connectivity index (χ3n) is 5.45. The molecule has 2 heterocycles. The van der Waals surface area contributed by atoms with E-state index < -0.39 is 11.2 Å². The third-order valence-corrected chi connectivity index (χ3v) is 5.45. The van der Waals surface area contributed by atoms with E-state index in [2.05, 4.69) is 15.0 Å². The number of hydrogen-bond acceptors (Lipinski definition) is 5. The van der Waals surface area contributed by atoms with Gasteiger partial charge in [0.05, 0.1) is 11.0 Å². The number of nitrogens with one attached hydrogen (secondary N) is 1. The van der Waals surface area contributed by atoms with E-state index in [1.54, 1.807) is 4.90 Å². The predicted molar refractivity (Wildman–Crippen MR) is 119 cm³/mol. The maximum Gasteiger partial charge on any atom is 0.330 e. The molecule has 31 heavy (non-hydrogen) atoms. The Bertz CT molecular complexity index is 1410. The lowest BCUT2D eigenvalue weighted by atomic mass is 10.1. The molecule has 0 fully saturated rings. The minimum Gasteiger partial charge on any atom is -0.337 e. The Hall–Kier alpha value is -3.81. The van der Waals surface area contributed by atoms with Crippen molar-refractivity contribution in [2.24, 2.45) is 0 Å². The number of benzene rings is 2. The average Bonchev–Trinajstić information content (AvgIpc) is 2.73. The lowest BCUT2D eigenvalue weighted by Crippen LogP contribution is -2.40. The Labute approximate surface area is 178 Å². The number of aromatic nitrogens is 4. The van der Waals surface area contributed by atoms with Crippen LogP contribution >= 0.6 is 0 Å². The number of hydrogen-bond donors (Lipinski definition) is 1. The summed E-state index contributed by atoms with van der Waals surface area (Å²) in [6.07, 6.45) is 0. The van der Waals surface area contributed by atoms with Crippen molar-refractivity contribution in [3.05, 3.63) is 80.0 Å². The number of H-pyrrole nitrogens is 1. The third kappa shape index (κ3) is 4.09. The summed E-state index contributed by atoms with van der Waals surface area (Å²) in [7, 11) is 0. The zero-order valence-electron chi connectivity index (χ0n) is 17.7. The van der Waals surface area contributed by atoms with Gasteiger partial charge in [0.1, 0.15) is 0 Å². The molecule has 4 rings (SSSR count). The number of carbonyl (C=O) groups excluding carboxylic acids is 1. The van der Waals surface area contributed by atoms with Crippen LogP contribution < -0.4 is 11.2 Å². The molecular formula is C23H23N5O3. The number of aromatic amines is 1. The van der Waals surface area contributed by atoms with Gasteiger partial charge in [-0.2, -0.15) is 0 Å². The molecule has 0 radical (unpaired) electrons. The zero-order valence-corrected chi connectivity index (χ0v) is 17.7. The first-order chi connectivity index (χ1) is 14.8. The van der Waals surface area contributed by atoms with Crippen molar-refractivity contribution in [2.45, 2.75) is 33.9 Å². The summed E-state index contributed by atoms with van der Waals surface area (Å²) in [6, 6.07) is 13.3. The van der Waals surface area contributed by atoms with E-state index in [1.165, 1.54) is 6.92 Å². The van der Waals surface area contributed by atoms with Crippen molar-refractivity contribution in [3.8, 4) is 0 Å². The van der Waals surface area contributed by atoms with Crippen LogP contribution in [0, 0.1) is 13.8 Å². The van der Waals surface area contributed by atoms with Gasteiger partial charge in [0.25, 0.3) is 5.56 Å². The molecule has 0 saturated carbocycles. The van der Waals surface area contributed by atoms with Crippen molar-refractivity contribution >= 4 is 28.1 Å². The monoisotopic (exact) mass is 417 g/mol. The summed E-state index contributed by atoms with van der Waals surface area (Å²) >= 11 is 0. The summed E-state index contributed by atoms with van der Waals surface area (Å²) in [6.45, 7) is 6.09. The molecule has 2 aromatic carbocycles. The molecule has 0 atom stereocenters. The Morgan fingerprint density at radius 3 is 2.32 bits per heavy atom. The van der Waals surface area contributed by atoms with Gasteiger partial charge in [-0.05, 0) is 42.7 Å².